The fraction of sp³-hybridized carbons (Fsp3) is 0.214. The molecule has 0 bridgehead atoms. The lowest BCUT2D eigenvalue weighted by molar-refractivity contribution is -0.122. The molecule has 2 heterocycles. The summed E-state index contributed by atoms with van der Waals surface area (Å²) in [6.07, 6.45) is 0.427. The maximum atomic E-state index is 12.5. The Balaban J connectivity index is 1.96. The largest absolute Gasteiger partial charge is 0.375 e. The van der Waals surface area contributed by atoms with Crippen molar-refractivity contribution in [3.8, 4) is 0 Å². The second-order valence-electron chi connectivity index (χ2n) is 4.90. The Morgan fingerprint density at radius 1 is 1.29 bits per heavy atom. The standard InChI is InChI=1S/C14H14N4O2S/c15-12(19)11-5-8-3-1-2-4-9(8)6-18(11)13(20)10-7-21-14(16)17-10/h1-4,7,11H,5-6H2,(H2,15,19)(H2,16,17)/t11-/m0/s1. The summed E-state index contributed by atoms with van der Waals surface area (Å²) in [7, 11) is 0. The molecule has 1 aromatic carbocycles. The first kappa shape index (κ1) is 13.6. The van der Waals surface area contributed by atoms with Crippen molar-refractivity contribution in [1.29, 1.82) is 0 Å². The molecule has 1 atom stereocenters. The van der Waals surface area contributed by atoms with Crippen LogP contribution >= 0.6 is 11.3 Å². The number of carbonyl (C=O) groups excluding carboxylic acids is 2. The van der Waals surface area contributed by atoms with Crippen molar-refractivity contribution in [2.24, 2.45) is 5.73 Å². The van der Waals surface area contributed by atoms with Gasteiger partial charge in [-0.25, -0.2) is 4.98 Å². The fourth-order valence-electron chi connectivity index (χ4n) is 2.52. The number of nitrogens with zero attached hydrogens (tertiary/aromatic N) is 2. The molecule has 2 aromatic rings. The van der Waals surface area contributed by atoms with Gasteiger partial charge in [-0.1, -0.05) is 24.3 Å². The van der Waals surface area contributed by atoms with Crippen LogP contribution in [0.2, 0.25) is 0 Å². The van der Waals surface area contributed by atoms with Crippen LogP contribution in [0.4, 0.5) is 5.13 Å². The van der Waals surface area contributed by atoms with E-state index in [1.807, 2.05) is 24.3 Å². The van der Waals surface area contributed by atoms with Crippen molar-refractivity contribution in [2.75, 3.05) is 5.73 Å². The Morgan fingerprint density at radius 3 is 2.62 bits per heavy atom. The Morgan fingerprint density at radius 2 is 2.00 bits per heavy atom. The quantitative estimate of drug-likeness (QED) is 0.855. The number of nitrogen functional groups attached to an aromatic ring is 1. The Labute approximate surface area is 125 Å². The lowest BCUT2D eigenvalue weighted by atomic mass is 9.93. The molecule has 0 radical (unpaired) electrons. The maximum absolute atomic E-state index is 12.5. The first-order chi connectivity index (χ1) is 10.1. The molecule has 2 amide bonds. The first-order valence-electron chi connectivity index (χ1n) is 6.44. The van der Waals surface area contributed by atoms with Crippen molar-refractivity contribution in [1.82, 2.24) is 9.88 Å². The number of thiazole rings is 1. The van der Waals surface area contributed by atoms with E-state index in [4.69, 9.17) is 11.5 Å². The van der Waals surface area contributed by atoms with Crippen molar-refractivity contribution >= 4 is 28.3 Å². The van der Waals surface area contributed by atoms with Gasteiger partial charge in [0.15, 0.2) is 5.13 Å². The zero-order chi connectivity index (χ0) is 15.0. The second-order valence-corrected chi connectivity index (χ2v) is 5.78. The number of nitrogens with two attached hydrogens (primary N) is 2. The van der Waals surface area contributed by atoms with E-state index in [1.54, 1.807) is 5.38 Å². The molecule has 3 rings (SSSR count). The highest BCUT2D eigenvalue weighted by Crippen LogP contribution is 2.25. The predicted octanol–water partition coefficient (Wildman–Crippen LogP) is 0.778. The number of hydrogen-bond acceptors (Lipinski definition) is 5. The molecule has 108 valence electrons. The van der Waals surface area contributed by atoms with Gasteiger partial charge in [0.25, 0.3) is 5.91 Å². The van der Waals surface area contributed by atoms with E-state index in [1.165, 1.54) is 16.2 Å². The van der Waals surface area contributed by atoms with E-state index in [-0.39, 0.29) is 11.6 Å². The minimum Gasteiger partial charge on any atom is -0.375 e. The van der Waals surface area contributed by atoms with Gasteiger partial charge in [0.2, 0.25) is 5.91 Å². The molecule has 0 saturated heterocycles. The summed E-state index contributed by atoms with van der Waals surface area (Å²) < 4.78 is 0. The lowest BCUT2D eigenvalue weighted by Crippen LogP contribution is -2.51. The van der Waals surface area contributed by atoms with Gasteiger partial charge in [0.1, 0.15) is 11.7 Å². The van der Waals surface area contributed by atoms with Crippen molar-refractivity contribution < 1.29 is 9.59 Å². The van der Waals surface area contributed by atoms with Gasteiger partial charge in [-0.2, -0.15) is 0 Å². The fourth-order valence-corrected chi connectivity index (χ4v) is 3.06. The van der Waals surface area contributed by atoms with Crippen LogP contribution in [0.5, 0.6) is 0 Å². The van der Waals surface area contributed by atoms with Crippen molar-refractivity contribution in [3.05, 3.63) is 46.5 Å². The van der Waals surface area contributed by atoms with E-state index in [0.717, 1.165) is 11.1 Å². The Hall–Kier alpha value is -2.41. The van der Waals surface area contributed by atoms with E-state index in [2.05, 4.69) is 4.98 Å². The number of aromatic nitrogens is 1. The molecule has 7 heteroatoms. The number of benzene rings is 1. The number of carbonyl (C=O) groups is 2. The van der Waals surface area contributed by atoms with Crippen LogP contribution < -0.4 is 11.5 Å². The number of primary amides is 1. The van der Waals surface area contributed by atoms with Crippen LogP contribution in [-0.2, 0) is 17.8 Å². The highest BCUT2D eigenvalue weighted by molar-refractivity contribution is 7.13. The average molecular weight is 302 g/mol. The molecule has 0 aliphatic carbocycles. The molecule has 0 spiro atoms. The molecule has 1 aromatic heterocycles. The summed E-state index contributed by atoms with van der Waals surface area (Å²) in [5.74, 6) is -0.831. The molecule has 4 N–H and O–H groups in total. The summed E-state index contributed by atoms with van der Waals surface area (Å²) in [6, 6.07) is 7.06. The third kappa shape index (κ3) is 2.47. The first-order valence-corrected chi connectivity index (χ1v) is 7.32. The molecule has 1 aliphatic heterocycles. The highest BCUT2D eigenvalue weighted by atomic mass is 32.1. The van der Waals surface area contributed by atoms with Crippen LogP contribution in [0.15, 0.2) is 29.6 Å². The zero-order valence-corrected chi connectivity index (χ0v) is 12.0. The third-order valence-corrected chi connectivity index (χ3v) is 4.25. The summed E-state index contributed by atoms with van der Waals surface area (Å²) in [5.41, 5.74) is 13.3. The average Bonchev–Trinajstić information content (AvgIpc) is 2.91. The lowest BCUT2D eigenvalue weighted by Gasteiger charge is -2.34. The number of fused-ring (bicyclic) bond motifs is 1. The monoisotopic (exact) mass is 302 g/mol. The molecule has 6 nitrogen and oxygen atoms in total. The van der Waals surface area contributed by atoms with Gasteiger partial charge in [0, 0.05) is 18.3 Å². The molecule has 0 saturated carbocycles. The molecule has 21 heavy (non-hydrogen) atoms. The molecular formula is C14H14N4O2S. The van der Waals surface area contributed by atoms with Crippen molar-refractivity contribution in [3.63, 3.8) is 0 Å². The van der Waals surface area contributed by atoms with Crippen LogP contribution in [0.3, 0.4) is 0 Å². The summed E-state index contributed by atoms with van der Waals surface area (Å²) in [6.45, 7) is 0.347. The van der Waals surface area contributed by atoms with Gasteiger partial charge in [-0.3, -0.25) is 9.59 Å². The van der Waals surface area contributed by atoms with Crippen molar-refractivity contribution in [2.45, 2.75) is 19.0 Å². The second kappa shape index (κ2) is 5.17. The number of anilines is 1. The smallest absolute Gasteiger partial charge is 0.274 e. The highest BCUT2D eigenvalue weighted by Gasteiger charge is 2.34. The van der Waals surface area contributed by atoms with Crippen LogP contribution in [0.25, 0.3) is 0 Å². The molecule has 0 fully saturated rings. The van der Waals surface area contributed by atoms with E-state index < -0.39 is 11.9 Å². The molecule has 0 unspecified atom stereocenters. The van der Waals surface area contributed by atoms with Gasteiger partial charge in [0.05, 0.1) is 0 Å². The van der Waals surface area contributed by atoms with Crippen LogP contribution in [-0.4, -0.2) is 27.7 Å². The maximum Gasteiger partial charge on any atom is 0.274 e. The minimum atomic E-state index is -0.657. The van der Waals surface area contributed by atoms with E-state index in [9.17, 15) is 9.59 Å². The summed E-state index contributed by atoms with van der Waals surface area (Å²) >= 11 is 1.19. The number of amides is 2. The van der Waals surface area contributed by atoms with Gasteiger partial charge < -0.3 is 16.4 Å². The predicted molar refractivity (Wildman–Crippen MR) is 79.5 cm³/mol. The van der Waals surface area contributed by atoms with Gasteiger partial charge in [-0.05, 0) is 11.1 Å². The number of rotatable bonds is 2. The normalized spacial score (nSPS) is 17.3. The van der Waals surface area contributed by atoms with Gasteiger partial charge in [-0.15, -0.1) is 11.3 Å². The van der Waals surface area contributed by atoms with E-state index >= 15 is 0 Å². The number of hydrogen-bond donors (Lipinski definition) is 2. The molecular weight excluding hydrogens is 288 g/mol. The van der Waals surface area contributed by atoms with E-state index in [0.29, 0.717) is 18.1 Å². The van der Waals surface area contributed by atoms with Crippen LogP contribution in [0.1, 0.15) is 21.6 Å². The SMILES string of the molecule is NC(=O)[C@@H]1Cc2ccccc2CN1C(=O)c1csc(N)n1. The minimum absolute atomic E-state index is 0.253. The molecule has 1 aliphatic rings. The summed E-state index contributed by atoms with van der Waals surface area (Å²) in [4.78, 5) is 29.7. The van der Waals surface area contributed by atoms with Crippen LogP contribution in [0, 0.1) is 0 Å². The Bertz CT molecular complexity index is 713. The van der Waals surface area contributed by atoms with Gasteiger partial charge >= 0.3 is 0 Å². The Kier molecular flexibility index (Phi) is 3.34. The summed E-state index contributed by atoms with van der Waals surface area (Å²) in [5, 5.41) is 1.92. The zero-order valence-electron chi connectivity index (χ0n) is 11.2. The third-order valence-electron chi connectivity index (χ3n) is 3.58. The topological polar surface area (TPSA) is 102 Å².